The van der Waals surface area contributed by atoms with Gasteiger partial charge in [0, 0.05) is 116 Å². The van der Waals surface area contributed by atoms with Crippen LogP contribution in [0.25, 0.3) is 0 Å². The maximum absolute atomic E-state index is 12.4. The topological polar surface area (TPSA) is 570 Å². The predicted molar refractivity (Wildman–Crippen MR) is 593 cm³/mol. The molecule has 882 valence electrons. The van der Waals surface area contributed by atoms with Crippen molar-refractivity contribution in [2.24, 2.45) is 48.7 Å². The maximum atomic E-state index is 12.4. The molecule has 13 N–H and O–H groups in total. The minimum atomic E-state index is -4.33. The van der Waals surface area contributed by atoms with Crippen LogP contribution < -0.4 is 16.0 Å². The number of aliphatic hydroxyl groups is 5. The number of carbonyl (C=O) groups is 9. The number of hydrogen-bond donors (Lipinski definition) is 13. The third-order valence-electron chi connectivity index (χ3n) is 19.7. The van der Waals surface area contributed by atoms with Crippen molar-refractivity contribution < 1.29 is 161 Å². The molecular weight excluding hydrogens is 2040 g/mol. The summed E-state index contributed by atoms with van der Waals surface area (Å²) >= 11 is 3.69. The van der Waals surface area contributed by atoms with Crippen molar-refractivity contribution in [3.8, 4) is 0 Å². The lowest BCUT2D eigenvalue weighted by Crippen LogP contribution is -2.46. The SMILES string of the molecule is C.C.C.C.CC(C)(C)CCC(=O)CCCC(=O)C(O)C(C)(C)COP(=O)(O)OC(C)(C)C.CC(C)(C)CCNC(=O)CCNC(=O)[C@@H](O)C(C)(C)COP(=O)(O)OC(C)(C)C.CC(C)(C)CCNC(=O)[C@@H](O)C(C)(C)COP(=O)(O)OC(C)(C)C.CC(C)(C)CCSCCCC(=O)CCCC(=O)C(O)C(C)(C)COP(=O)(O)OC(C)(C)C.CC(C)(C)OP(=O)(O)OCC(C)(C)C(O)C(=O)CCCC(=O)CCCSC(C)(C)C. The lowest BCUT2D eigenvalue weighted by atomic mass is 9.83. The molecule has 0 aliphatic carbocycles. The normalized spacial score (nSPS) is 15.9. The Bertz CT molecular complexity index is 4060. The first-order chi connectivity index (χ1) is 63.3. The fourth-order valence-electron chi connectivity index (χ4n) is 11.4. The van der Waals surface area contributed by atoms with Crippen molar-refractivity contribution >= 4 is 115 Å². The molecule has 0 saturated heterocycles. The van der Waals surface area contributed by atoms with E-state index in [9.17, 15) is 116 Å². The van der Waals surface area contributed by atoms with Gasteiger partial charge in [0.15, 0.2) is 17.3 Å². The predicted octanol–water partition coefficient (Wildman–Crippen LogP) is 22.7. The van der Waals surface area contributed by atoms with Crippen molar-refractivity contribution in [2.75, 3.05) is 69.9 Å². The monoisotopic (exact) mass is 2260 g/mol. The van der Waals surface area contributed by atoms with Crippen LogP contribution in [-0.4, -0.2) is 236 Å². The molecule has 0 bridgehead atoms. The summed E-state index contributed by atoms with van der Waals surface area (Å²) in [6.45, 7) is 71.0. The maximum Gasteiger partial charge on any atom is 0.472 e. The first-order valence-electron chi connectivity index (χ1n) is 49.3. The second kappa shape index (κ2) is 69.7. The van der Waals surface area contributed by atoms with Crippen LogP contribution in [-0.2, 0) is 111 Å². The Morgan fingerprint density at radius 3 is 0.714 bits per heavy atom. The number of thioether (sulfide) groups is 2. The smallest absolute Gasteiger partial charge is 0.385 e. The van der Waals surface area contributed by atoms with Crippen LogP contribution in [0, 0.1) is 48.7 Å². The highest BCUT2D eigenvalue weighted by Gasteiger charge is 2.45. The lowest BCUT2D eigenvalue weighted by molar-refractivity contribution is -0.137. The number of rotatable bonds is 61. The van der Waals surface area contributed by atoms with Gasteiger partial charge in [0.25, 0.3) is 0 Å². The Morgan fingerprint density at radius 2 is 0.476 bits per heavy atom. The summed E-state index contributed by atoms with van der Waals surface area (Å²) in [6.07, 6.45) is 2.10. The summed E-state index contributed by atoms with van der Waals surface area (Å²) < 4.78 is 110. The van der Waals surface area contributed by atoms with Crippen molar-refractivity contribution in [1.82, 2.24) is 16.0 Å². The molecule has 0 aromatic carbocycles. The number of aliphatic hydroxyl groups excluding tert-OH is 5. The molecule has 0 radical (unpaired) electrons. The zero-order chi connectivity index (χ0) is 114. The summed E-state index contributed by atoms with van der Waals surface area (Å²) in [7, 11) is -21.5. The number of Topliss-reactive ketones (excluding diaryl/α,β-unsaturated/α-hetero) is 6. The quantitative estimate of drug-likeness (QED) is 0.0199. The molecular formula is C103H214N3O34P5S2. The van der Waals surface area contributed by atoms with E-state index >= 15 is 0 Å². The average molecular weight is 2260 g/mol. The van der Waals surface area contributed by atoms with Gasteiger partial charge in [-0.15, -0.1) is 0 Å². The Labute approximate surface area is 897 Å². The average Bonchev–Trinajstić information content (AvgIpc) is 0.842. The first-order valence-corrected chi connectivity index (χ1v) is 58.9. The molecule has 0 aliphatic rings. The molecule has 3 amide bonds. The number of nitrogens with one attached hydrogen (secondary N) is 3. The van der Waals surface area contributed by atoms with E-state index in [1.807, 2.05) is 23.5 Å². The number of phosphoric acid groups is 5. The molecule has 44 heteroatoms. The third kappa shape index (κ3) is 94.3. The molecule has 0 fully saturated rings. The van der Waals surface area contributed by atoms with E-state index in [4.69, 9.17) is 45.2 Å². The van der Waals surface area contributed by atoms with E-state index in [0.29, 0.717) is 76.3 Å². The van der Waals surface area contributed by atoms with Gasteiger partial charge in [0.1, 0.15) is 47.9 Å². The van der Waals surface area contributed by atoms with Crippen molar-refractivity contribution in [3.63, 3.8) is 0 Å². The number of ketones is 6. The van der Waals surface area contributed by atoms with Crippen LogP contribution in [0.4, 0.5) is 0 Å². The summed E-state index contributed by atoms with van der Waals surface area (Å²) in [4.78, 5) is 158. The summed E-state index contributed by atoms with van der Waals surface area (Å²) in [5.41, 5.74) is -9.18. The lowest BCUT2D eigenvalue weighted by Gasteiger charge is -2.31. The fraction of sp³-hybridized carbons (Fsp3) is 0.913. The number of amides is 3. The van der Waals surface area contributed by atoms with Gasteiger partial charge in [-0.25, -0.2) is 22.8 Å². The standard InChI is InChI=1S/C23H45O7PS.C21H41O7PS.C20H39O7P.C19H39N2O7P.C16H34NO6P.4CH4/c1-21(2,3)14-16-32-15-10-12-18(24)11-9-13-19(25)20(26)23(7,8)17-29-31(27,28)30-22(4,5)6;1-19(2,3)28-29(25,26)27-15-21(7,8)18(24)17(23)13-9-11-16(22)12-10-14-30-20(4,5)6;1-18(2,3)13-12-15(21)10-9-11-16(22)17(23)20(7,8)14-26-28(24,25)27-19(4,5)6;1-17(2,3)10-12-20-14(22)9-11-21-16(24)15(23)19(7,8)13-27-29(25,26)28-18(4,5)6;1-14(2,3)9-10-17-13(19)12(18)16(7,8)11-22-24(20,21)23-15(4,5)6;;;;/h20,26H,9-17H2,1-8H3,(H,27,28);18,24H,9-15H2,1-8H3,(H,25,26);17,23H,9-14H2,1-8H3,(H,24,25);15,23H,9-13H2,1-8H3,(H,20,22)(H,21,24)(H,25,26);12,18H,9-11H2,1-8H3,(H,17,19)(H,20,21);4*1H4/t;;;15-;12-;;;;/m...11..../s1. The van der Waals surface area contributed by atoms with Crippen LogP contribution in [0.3, 0.4) is 0 Å². The van der Waals surface area contributed by atoms with Crippen LogP contribution in [0.2, 0.25) is 0 Å². The Hall–Kier alpha value is -2.52. The van der Waals surface area contributed by atoms with Crippen LogP contribution in [0.1, 0.15) is 429 Å². The third-order valence-corrected chi connectivity index (χ3v) is 28.3. The highest BCUT2D eigenvalue weighted by atomic mass is 32.2. The molecule has 0 rings (SSSR count). The molecule has 0 aromatic rings. The minimum absolute atomic E-state index is 0. The minimum Gasteiger partial charge on any atom is -0.385 e. The highest BCUT2D eigenvalue weighted by Crippen LogP contribution is 2.53. The largest absolute Gasteiger partial charge is 0.472 e. The van der Waals surface area contributed by atoms with Crippen LogP contribution >= 0.6 is 62.6 Å². The van der Waals surface area contributed by atoms with Gasteiger partial charge in [-0.1, -0.05) is 203 Å². The molecule has 0 aromatic heterocycles. The molecule has 10 atom stereocenters. The van der Waals surface area contributed by atoms with E-state index in [-0.39, 0.29) is 139 Å². The van der Waals surface area contributed by atoms with Gasteiger partial charge >= 0.3 is 39.1 Å². The molecule has 0 heterocycles. The fourth-order valence-corrected chi connectivity index (χ4v) is 19.8. The molecule has 0 spiro atoms. The van der Waals surface area contributed by atoms with Crippen LogP contribution in [0.15, 0.2) is 0 Å². The van der Waals surface area contributed by atoms with Crippen LogP contribution in [0.5, 0.6) is 0 Å². The Kier molecular flexibility index (Phi) is 76.8. The second-order valence-electron chi connectivity index (χ2n) is 50.7. The zero-order valence-electron chi connectivity index (χ0n) is 94.9. The number of carbonyl (C=O) groups excluding carboxylic acids is 9. The molecule has 147 heavy (non-hydrogen) atoms. The summed E-state index contributed by atoms with van der Waals surface area (Å²) in [5, 5.41) is 59.5. The summed E-state index contributed by atoms with van der Waals surface area (Å²) in [5.74, 6) is 0.699. The molecule has 0 aliphatic heterocycles. The van der Waals surface area contributed by atoms with E-state index in [0.717, 1.165) is 55.8 Å². The van der Waals surface area contributed by atoms with Gasteiger partial charge < -0.3 is 66.0 Å². The first kappa shape index (κ1) is 162. The highest BCUT2D eigenvalue weighted by molar-refractivity contribution is 8.00. The van der Waals surface area contributed by atoms with Gasteiger partial charge in [-0.05, 0) is 201 Å². The number of hydrogen-bond acceptors (Lipinski definition) is 31. The van der Waals surface area contributed by atoms with Crippen molar-refractivity contribution in [3.05, 3.63) is 0 Å². The Balaban J connectivity index is -0.000000230. The summed E-state index contributed by atoms with van der Waals surface area (Å²) in [6, 6.07) is 0. The molecule has 37 nitrogen and oxygen atoms in total. The molecule has 8 unspecified atom stereocenters. The number of phosphoric ester groups is 5. The van der Waals surface area contributed by atoms with E-state index in [1.54, 1.807) is 159 Å². The van der Waals surface area contributed by atoms with Gasteiger partial charge in [0.05, 0.1) is 61.0 Å². The van der Waals surface area contributed by atoms with E-state index in [2.05, 4.69) is 120 Å². The zero-order valence-corrected chi connectivity index (χ0v) is 101. The van der Waals surface area contributed by atoms with Crippen molar-refractivity contribution in [1.29, 1.82) is 0 Å². The van der Waals surface area contributed by atoms with E-state index in [1.165, 1.54) is 13.8 Å². The van der Waals surface area contributed by atoms with Gasteiger partial charge in [-0.2, -0.15) is 23.5 Å². The molecule has 0 saturated carbocycles. The van der Waals surface area contributed by atoms with Crippen molar-refractivity contribution in [2.45, 2.75) is 492 Å². The Morgan fingerprint density at radius 1 is 0.259 bits per heavy atom. The second-order valence-corrected chi connectivity index (χ2v) is 60.8. The van der Waals surface area contributed by atoms with Gasteiger partial charge in [-0.3, -0.25) is 88.4 Å². The van der Waals surface area contributed by atoms with Gasteiger partial charge in [0.2, 0.25) is 17.7 Å². The van der Waals surface area contributed by atoms with E-state index < -0.39 is 154 Å².